The van der Waals surface area contributed by atoms with E-state index in [1.807, 2.05) is 0 Å². The fourth-order valence-corrected chi connectivity index (χ4v) is 0.999. The number of hydrogen-bond acceptors (Lipinski definition) is 3. The molecule has 0 aromatic rings. The number of nitrogens with one attached hydrogen (secondary N) is 1. The van der Waals surface area contributed by atoms with Crippen molar-refractivity contribution in [1.29, 1.82) is 0 Å². The average molecular weight is 188 g/mol. The molecule has 0 radical (unpaired) electrons. The number of nitrogens with zero attached hydrogens (tertiary/aromatic N) is 1. The lowest BCUT2D eigenvalue weighted by Crippen LogP contribution is -2.32. The van der Waals surface area contributed by atoms with E-state index in [4.69, 9.17) is 4.84 Å². The van der Waals surface area contributed by atoms with Gasteiger partial charge in [-0.1, -0.05) is 20.8 Å². The second kappa shape index (κ2) is 8.48. The molecule has 0 aromatic heterocycles. The predicted molar refractivity (Wildman–Crippen MR) is 56.6 cm³/mol. The van der Waals surface area contributed by atoms with Gasteiger partial charge >= 0.3 is 0 Å². The largest absolute Gasteiger partial charge is 0.302 e. The average Bonchev–Trinajstić information content (AvgIpc) is 2.18. The SMILES string of the molecule is CCC(C)NOCCN(CC)CC. The van der Waals surface area contributed by atoms with Gasteiger partial charge < -0.3 is 9.74 Å². The Balaban J connectivity index is 3.23. The van der Waals surface area contributed by atoms with Crippen molar-refractivity contribution in [2.24, 2.45) is 0 Å². The molecule has 0 aliphatic carbocycles. The van der Waals surface area contributed by atoms with Crippen LogP contribution >= 0.6 is 0 Å². The molecule has 0 aliphatic heterocycles. The summed E-state index contributed by atoms with van der Waals surface area (Å²) in [6.07, 6.45) is 1.10. The molecule has 0 rings (SSSR count). The molecule has 0 saturated carbocycles. The van der Waals surface area contributed by atoms with Crippen LogP contribution in [-0.2, 0) is 4.84 Å². The van der Waals surface area contributed by atoms with Crippen LogP contribution in [0.15, 0.2) is 0 Å². The molecule has 0 heterocycles. The smallest absolute Gasteiger partial charge is 0.0809 e. The van der Waals surface area contributed by atoms with Gasteiger partial charge in [-0.2, -0.15) is 5.48 Å². The van der Waals surface area contributed by atoms with E-state index >= 15 is 0 Å². The van der Waals surface area contributed by atoms with Crippen LogP contribution in [0, 0.1) is 0 Å². The van der Waals surface area contributed by atoms with Gasteiger partial charge in [-0.3, -0.25) is 0 Å². The molecule has 0 fully saturated rings. The maximum absolute atomic E-state index is 5.33. The van der Waals surface area contributed by atoms with Crippen LogP contribution in [0.4, 0.5) is 0 Å². The lowest BCUT2D eigenvalue weighted by molar-refractivity contribution is 0.00811. The Labute approximate surface area is 82.4 Å². The summed E-state index contributed by atoms with van der Waals surface area (Å²) in [5.74, 6) is 0. The Morgan fingerprint density at radius 1 is 1.23 bits per heavy atom. The number of likely N-dealkylation sites (N-methyl/N-ethyl adjacent to an activating group) is 1. The molecule has 3 nitrogen and oxygen atoms in total. The second-order valence-electron chi connectivity index (χ2n) is 3.30. The number of hydrogen-bond donors (Lipinski definition) is 1. The van der Waals surface area contributed by atoms with Crippen molar-refractivity contribution in [2.75, 3.05) is 26.2 Å². The zero-order valence-electron chi connectivity index (χ0n) is 9.47. The van der Waals surface area contributed by atoms with Gasteiger partial charge in [0, 0.05) is 12.6 Å². The van der Waals surface area contributed by atoms with E-state index < -0.39 is 0 Å². The molecule has 1 N–H and O–H groups in total. The molecule has 1 atom stereocenters. The van der Waals surface area contributed by atoms with Gasteiger partial charge in [0.1, 0.15) is 0 Å². The zero-order chi connectivity index (χ0) is 10.1. The molecule has 0 saturated heterocycles. The molecule has 3 heteroatoms. The Morgan fingerprint density at radius 2 is 1.85 bits per heavy atom. The second-order valence-corrected chi connectivity index (χ2v) is 3.30. The Kier molecular flexibility index (Phi) is 8.40. The van der Waals surface area contributed by atoms with E-state index in [9.17, 15) is 0 Å². The van der Waals surface area contributed by atoms with E-state index in [0.717, 1.165) is 32.7 Å². The summed E-state index contributed by atoms with van der Waals surface area (Å²) < 4.78 is 0. The van der Waals surface area contributed by atoms with Crippen molar-refractivity contribution in [3.63, 3.8) is 0 Å². The summed E-state index contributed by atoms with van der Waals surface area (Å²) in [4.78, 5) is 7.67. The molecule has 13 heavy (non-hydrogen) atoms. The summed E-state index contributed by atoms with van der Waals surface area (Å²) in [5, 5.41) is 0. The van der Waals surface area contributed by atoms with Crippen molar-refractivity contribution in [1.82, 2.24) is 10.4 Å². The van der Waals surface area contributed by atoms with Crippen LogP contribution in [0.1, 0.15) is 34.1 Å². The van der Waals surface area contributed by atoms with Crippen molar-refractivity contribution >= 4 is 0 Å². The van der Waals surface area contributed by atoms with Gasteiger partial charge in [0.25, 0.3) is 0 Å². The van der Waals surface area contributed by atoms with Gasteiger partial charge in [0.15, 0.2) is 0 Å². The predicted octanol–water partition coefficient (Wildman–Crippen LogP) is 1.65. The normalized spacial score (nSPS) is 13.6. The van der Waals surface area contributed by atoms with Crippen molar-refractivity contribution in [3.05, 3.63) is 0 Å². The van der Waals surface area contributed by atoms with Crippen LogP contribution in [0.5, 0.6) is 0 Å². The first-order valence-electron chi connectivity index (χ1n) is 5.34. The molecular formula is C10H24N2O. The van der Waals surface area contributed by atoms with Gasteiger partial charge in [-0.05, 0) is 26.4 Å². The molecule has 0 bridgehead atoms. The third-order valence-corrected chi connectivity index (χ3v) is 2.30. The summed E-state index contributed by atoms with van der Waals surface area (Å²) in [6, 6.07) is 0.455. The fraction of sp³-hybridized carbons (Fsp3) is 1.00. The molecule has 0 aromatic carbocycles. The van der Waals surface area contributed by atoms with Crippen molar-refractivity contribution in [3.8, 4) is 0 Å². The monoisotopic (exact) mass is 188 g/mol. The molecule has 0 amide bonds. The summed E-state index contributed by atoms with van der Waals surface area (Å²) in [5.41, 5.74) is 3.01. The molecule has 1 unspecified atom stereocenters. The summed E-state index contributed by atoms with van der Waals surface area (Å²) >= 11 is 0. The summed E-state index contributed by atoms with van der Waals surface area (Å²) in [7, 11) is 0. The third kappa shape index (κ3) is 6.99. The molecule has 80 valence electrons. The zero-order valence-corrected chi connectivity index (χ0v) is 9.47. The fourth-order valence-electron chi connectivity index (χ4n) is 0.999. The lowest BCUT2D eigenvalue weighted by atomic mass is 10.3. The molecule has 0 aliphatic rings. The standard InChI is InChI=1S/C10H24N2O/c1-5-10(4)11-13-9-8-12(6-2)7-3/h10-11H,5-9H2,1-4H3. The maximum Gasteiger partial charge on any atom is 0.0809 e. The van der Waals surface area contributed by atoms with Gasteiger partial charge in [-0.25, -0.2) is 0 Å². The van der Waals surface area contributed by atoms with Crippen molar-refractivity contribution < 1.29 is 4.84 Å². The van der Waals surface area contributed by atoms with Crippen LogP contribution in [-0.4, -0.2) is 37.2 Å². The van der Waals surface area contributed by atoms with E-state index in [1.54, 1.807) is 0 Å². The van der Waals surface area contributed by atoms with Crippen LogP contribution in [0.2, 0.25) is 0 Å². The maximum atomic E-state index is 5.33. The molecule has 0 spiro atoms. The quantitative estimate of drug-likeness (QED) is 0.463. The lowest BCUT2D eigenvalue weighted by Gasteiger charge is -2.18. The minimum Gasteiger partial charge on any atom is -0.302 e. The van der Waals surface area contributed by atoms with Crippen molar-refractivity contribution in [2.45, 2.75) is 40.2 Å². The highest BCUT2D eigenvalue weighted by Crippen LogP contribution is 1.89. The third-order valence-electron chi connectivity index (χ3n) is 2.30. The van der Waals surface area contributed by atoms with E-state index in [2.05, 4.69) is 38.1 Å². The minimum absolute atomic E-state index is 0.455. The first kappa shape index (κ1) is 12.9. The number of hydroxylamine groups is 1. The Bertz CT molecular complexity index is 105. The van der Waals surface area contributed by atoms with Crippen LogP contribution in [0.3, 0.4) is 0 Å². The van der Waals surface area contributed by atoms with Crippen LogP contribution in [0.25, 0.3) is 0 Å². The minimum atomic E-state index is 0.455. The van der Waals surface area contributed by atoms with Gasteiger partial charge in [0.2, 0.25) is 0 Å². The highest BCUT2D eigenvalue weighted by molar-refractivity contribution is 4.51. The Morgan fingerprint density at radius 3 is 2.31 bits per heavy atom. The van der Waals surface area contributed by atoms with E-state index in [-0.39, 0.29) is 0 Å². The van der Waals surface area contributed by atoms with E-state index in [0.29, 0.717) is 6.04 Å². The Hall–Kier alpha value is -0.120. The topological polar surface area (TPSA) is 24.5 Å². The first-order valence-corrected chi connectivity index (χ1v) is 5.34. The highest BCUT2D eigenvalue weighted by atomic mass is 16.6. The highest BCUT2D eigenvalue weighted by Gasteiger charge is 1.99. The van der Waals surface area contributed by atoms with Gasteiger partial charge in [0.05, 0.1) is 6.61 Å². The summed E-state index contributed by atoms with van der Waals surface area (Å²) in [6.45, 7) is 12.6. The van der Waals surface area contributed by atoms with Crippen LogP contribution < -0.4 is 5.48 Å². The van der Waals surface area contributed by atoms with Gasteiger partial charge in [-0.15, -0.1) is 0 Å². The number of rotatable bonds is 8. The molecular weight excluding hydrogens is 164 g/mol. The first-order chi connectivity index (χ1) is 6.24. The van der Waals surface area contributed by atoms with E-state index in [1.165, 1.54) is 0 Å².